The van der Waals surface area contributed by atoms with E-state index in [9.17, 15) is 18.0 Å². The molecule has 0 bridgehead atoms. The zero-order valence-electron chi connectivity index (χ0n) is 24.7. The summed E-state index contributed by atoms with van der Waals surface area (Å²) in [6, 6.07) is 30.6. The molecule has 0 aliphatic rings. The van der Waals surface area contributed by atoms with Crippen LogP contribution in [0.4, 0.5) is 5.69 Å². The highest BCUT2D eigenvalue weighted by Gasteiger charge is 2.35. The summed E-state index contributed by atoms with van der Waals surface area (Å²) in [5.74, 6) is -0.559. The Labute approximate surface area is 267 Å². The topological polar surface area (TPSA) is 96.0 Å². The SMILES string of the molecule is CCCNC(=O)[C@H](Cc1ccccc1)N(Cc1cccc(Br)c1)C(=O)CN(c1ccccc1OC)S(=O)(=O)c1ccccc1. The molecule has 44 heavy (non-hydrogen) atoms. The molecule has 1 N–H and O–H groups in total. The van der Waals surface area contributed by atoms with E-state index in [0.29, 0.717) is 12.3 Å². The van der Waals surface area contributed by atoms with Gasteiger partial charge in [0.2, 0.25) is 11.8 Å². The van der Waals surface area contributed by atoms with E-state index >= 15 is 0 Å². The maximum absolute atomic E-state index is 14.5. The zero-order valence-corrected chi connectivity index (χ0v) is 27.1. The van der Waals surface area contributed by atoms with Crippen molar-refractivity contribution in [1.29, 1.82) is 0 Å². The molecule has 0 saturated heterocycles. The Morgan fingerprint density at radius 1 is 0.864 bits per heavy atom. The summed E-state index contributed by atoms with van der Waals surface area (Å²) in [6.07, 6.45) is 0.969. The van der Waals surface area contributed by atoms with Gasteiger partial charge in [0.1, 0.15) is 18.3 Å². The predicted molar refractivity (Wildman–Crippen MR) is 176 cm³/mol. The fraction of sp³-hybridized carbons (Fsp3) is 0.235. The van der Waals surface area contributed by atoms with Crippen LogP contribution in [0, 0.1) is 0 Å². The van der Waals surface area contributed by atoms with Gasteiger partial charge in [-0.15, -0.1) is 0 Å². The monoisotopic (exact) mass is 677 g/mol. The molecule has 4 aromatic rings. The van der Waals surface area contributed by atoms with Gasteiger partial charge in [0.15, 0.2) is 0 Å². The number of para-hydroxylation sites is 2. The van der Waals surface area contributed by atoms with Gasteiger partial charge in [-0.25, -0.2) is 8.42 Å². The number of carbonyl (C=O) groups excluding carboxylic acids is 2. The van der Waals surface area contributed by atoms with Gasteiger partial charge in [-0.1, -0.05) is 95.7 Å². The lowest BCUT2D eigenvalue weighted by Gasteiger charge is -2.34. The number of hydrogen-bond acceptors (Lipinski definition) is 5. The van der Waals surface area contributed by atoms with E-state index in [-0.39, 0.29) is 29.5 Å². The largest absolute Gasteiger partial charge is 0.495 e. The Morgan fingerprint density at radius 2 is 1.50 bits per heavy atom. The van der Waals surface area contributed by atoms with E-state index in [1.165, 1.54) is 24.1 Å². The molecule has 0 fully saturated rings. The van der Waals surface area contributed by atoms with Gasteiger partial charge in [-0.05, 0) is 53.9 Å². The minimum atomic E-state index is -4.22. The first kappa shape index (κ1) is 32.8. The predicted octanol–water partition coefficient (Wildman–Crippen LogP) is 5.82. The summed E-state index contributed by atoms with van der Waals surface area (Å²) < 4.78 is 35.6. The van der Waals surface area contributed by atoms with Crippen LogP contribution in [0.1, 0.15) is 24.5 Å². The standard InChI is InChI=1S/C34H36BrN3O5S/c1-3-21-36-34(40)31(23-26-13-6-4-7-14-26)37(24-27-15-12-16-28(35)22-27)33(39)25-38(30-19-10-11-20-32(30)43-2)44(41,42)29-17-8-5-9-18-29/h4-20,22,31H,3,21,23-25H2,1-2H3,(H,36,40)/t31-/m0/s1. The van der Waals surface area contributed by atoms with Crippen LogP contribution in [0.25, 0.3) is 0 Å². The van der Waals surface area contributed by atoms with E-state index in [4.69, 9.17) is 4.74 Å². The normalized spacial score (nSPS) is 11.8. The van der Waals surface area contributed by atoms with E-state index in [0.717, 1.165) is 26.3 Å². The third kappa shape index (κ3) is 8.27. The van der Waals surface area contributed by atoms with Gasteiger partial charge in [-0.2, -0.15) is 0 Å². The summed E-state index contributed by atoms with van der Waals surface area (Å²) in [5.41, 5.74) is 1.86. The molecule has 0 spiro atoms. The van der Waals surface area contributed by atoms with Crippen LogP contribution >= 0.6 is 15.9 Å². The fourth-order valence-electron chi connectivity index (χ4n) is 4.82. The van der Waals surface area contributed by atoms with Crippen LogP contribution in [0.2, 0.25) is 0 Å². The van der Waals surface area contributed by atoms with E-state index in [2.05, 4.69) is 21.2 Å². The summed E-state index contributed by atoms with van der Waals surface area (Å²) in [4.78, 5) is 29.7. The molecule has 4 aromatic carbocycles. The van der Waals surface area contributed by atoms with Gasteiger partial charge in [0.05, 0.1) is 17.7 Å². The minimum absolute atomic E-state index is 0.0266. The lowest BCUT2D eigenvalue weighted by Crippen LogP contribution is -2.53. The number of carbonyl (C=O) groups is 2. The fourth-order valence-corrected chi connectivity index (χ4v) is 6.71. The van der Waals surface area contributed by atoms with Crippen LogP contribution in [-0.2, 0) is 32.6 Å². The van der Waals surface area contributed by atoms with Crippen molar-refractivity contribution in [2.45, 2.75) is 37.2 Å². The molecule has 0 heterocycles. The number of benzene rings is 4. The molecular formula is C34H36BrN3O5S. The molecule has 230 valence electrons. The number of anilines is 1. The lowest BCUT2D eigenvalue weighted by molar-refractivity contribution is -0.140. The zero-order chi connectivity index (χ0) is 31.5. The lowest BCUT2D eigenvalue weighted by atomic mass is 10.0. The summed E-state index contributed by atoms with van der Waals surface area (Å²) >= 11 is 3.50. The van der Waals surface area contributed by atoms with Crippen LogP contribution in [0.5, 0.6) is 5.75 Å². The van der Waals surface area contributed by atoms with Crippen LogP contribution in [-0.4, -0.2) is 51.4 Å². The minimum Gasteiger partial charge on any atom is -0.495 e. The number of nitrogens with zero attached hydrogens (tertiary/aromatic N) is 2. The van der Waals surface area contributed by atoms with E-state index in [1.54, 1.807) is 42.5 Å². The number of halogens is 1. The highest BCUT2D eigenvalue weighted by atomic mass is 79.9. The van der Waals surface area contributed by atoms with Crippen molar-refractivity contribution in [3.8, 4) is 5.75 Å². The second-order valence-corrected chi connectivity index (χ2v) is 12.9. The summed E-state index contributed by atoms with van der Waals surface area (Å²) in [6.45, 7) is 1.92. The van der Waals surface area contributed by atoms with Crippen molar-refractivity contribution in [1.82, 2.24) is 10.2 Å². The summed E-state index contributed by atoms with van der Waals surface area (Å²) in [5, 5.41) is 2.95. The van der Waals surface area contributed by atoms with Crippen molar-refractivity contribution in [2.75, 3.05) is 24.5 Å². The van der Waals surface area contributed by atoms with Gasteiger partial charge in [-0.3, -0.25) is 13.9 Å². The second kappa shape index (κ2) is 15.5. The highest BCUT2D eigenvalue weighted by molar-refractivity contribution is 9.10. The molecule has 4 rings (SSSR count). The second-order valence-electron chi connectivity index (χ2n) is 10.1. The molecule has 1 atom stereocenters. The van der Waals surface area contributed by atoms with Crippen molar-refractivity contribution < 1.29 is 22.7 Å². The molecule has 0 radical (unpaired) electrons. The molecule has 0 saturated carbocycles. The number of hydrogen-bond donors (Lipinski definition) is 1. The molecule has 10 heteroatoms. The first-order valence-electron chi connectivity index (χ1n) is 14.3. The third-order valence-electron chi connectivity index (χ3n) is 7.03. The Hall–Kier alpha value is -4.15. The third-order valence-corrected chi connectivity index (χ3v) is 9.29. The van der Waals surface area contributed by atoms with E-state index in [1.807, 2.05) is 61.5 Å². The Bertz CT molecular complexity index is 1650. The molecule has 0 aromatic heterocycles. The maximum Gasteiger partial charge on any atom is 0.264 e. The van der Waals surface area contributed by atoms with Crippen molar-refractivity contribution in [2.24, 2.45) is 0 Å². The number of nitrogens with one attached hydrogen (secondary N) is 1. The Balaban J connectivity index is 1.82. The van der Waals surface area contributed by atoms with Gasteiger partial charge >= 0.3 is 0 Å². The number of methoxy groups -OCH3 is 1. The molecule has 8 nitrogen and oxygen atoms in total. The van der Waals surface area contributed by atoms with Gasteiger partial charge in [0, 0.05) is 24.0 Å². The summed E-state index contributed by atoms with van der Waals surface area (Å²) in [7, 11) is -2.77. The van der Waals surface area contributed by atoms with Crippen molar-refractivity contribution in [3.05, 3.63) is 125 Å². The van der Waals surface area contributed by atoms with Gasteiger partial charge < -0.3 is 15.0 Å². The molecule has 0 unspecified atom stereocenters. The number of ether oxygens (including phenoxy) is 1. The first-order valence-corrected chi connectivity index (χ1v) is 16.5. The highest BCUT2D eigenvalue weighted by Crippen LogP contribution is 2.32. The Morgan fingerprint density at radius 3 is 2.16 bits per heavy atom. The first-order chi connectivity index (χ1) is 21.2. The van der Waals surface area contributed by atoms with Crippen LogP contribution < -0.4 is 14.4 Å². The van der Waals surface area contributed by atoms with Crippen molar-refractivity contribution in [3.63, 3.8) is 0 Å². The quantitative estimate of drug-likeness (QED) is 0.182. The smallest absolute Gasteiger partial charge is 0.264 e. The van der Waals surface area contributed by atoms with Crippen LogP contribution in [0.15, 0.2) is 119 Å². The average molecular weight is 679 g/mol. The maximum atomic E-state index is 14.5. The molecule has 0 aliphatic carbocycles. The van der Waals surface area contributed by atoms with Gasteiger partial charge in [0.25, 0.3) is 10.0 Å². The molecule has 2 amide bonds. The molecular weight excluding hydrogens is 642 g/mol. The van der Waals surface area contributed by atoms with Crippen LogP contribution in [0.3, 0.4) is 0 Å². The average Bonchev–Trinajstić information content (AvgIpc) is 3.04. The number of sulfonamides is 1. The molecule has 0 aliphatic heterocycles. The van der Waals surface area contributed by atoms with E-state index < -0.39 is 28.5 Å². The van der Waals surface area contributed by atoms with Crippen molar-refractivity contribution >= 4 is 43.5 Å². The number of rotatable bonds is 14. The Kier molecular flexibility index (Phi) is 11.6. The number of amides is 2.